The average molecular weight is 848 g/mol. The maximum Gasteiger partial charge on any atom is 0.260 e. The standard InChI is InChI=1S/C57H46N6S/c58-36-38-34-44(57-59-56(37-18-4-1-5-19-37)61(57)40-22-8-3-9-23-40)51(63-47-28-14-16-30-52(47)64-53-31-17-15-29-48(53)63)35-50(38)62-46-27-13-11-25-43(46)54-49(62)33-32-42-41-24-10-12-26-45(41)60(55(42)54)39-20-6-2-7-21-39/h1-8,10-11,13-18,20-21,24-25,27-35,37,40,42,55,57H,9,12,19,22-23,26H2/p+1. The zero-order valence-electron chi connectivity index (χ0n) is 35.5. The van der Waals surface area contributed by atoms with Gasteiger partial charge >= 0.3 is 0 Å². The molecule has 13 rings (SSSR count). The molecule has 5 aromatic carbocycles. The molecule has 7 aliphatic rings. The third-order valence-electron chi connectivity index (χ3n) is 14.5. The van der Waals surface area contributed by atoms with Gasteiger partial charge in [0.2, 0.25) is 0 Å². The van der Waals surface area contributed by atoms with Crippen molar-refractivity contribution >= 4 is 57.3 Å². The highest BCUT2D eigenvalue weighted by Crippen LogP contribution is 2.57. The van der Waals surface area contributed by atoms with Crippen molar-refractivity contribution in [1.82, 2.24) is 9.88 Å². The van der Waals surface area contributed by atoms with Crippen LogP contribution in [0.5, 0.6) is 0 Å². The molecule has 3 aliphatic heterocycles. The van der Waals surface area contributed by atoms with Crippen LogP contribution in [-0.4, -0.2) is 21.0 Å². The summed E-state index contributed by atoms with van der Waals surface area (Å²) in [7, 11) is 0. The van der Waals surface area contributed by atoms with Gasteiger partial charge < -0.3 is 14.4 Å². The van der Waals surface area contributed by atoms with Crippen molar-refractivity contribution < 1.29 is 4.58 Å². The molecule has 64 heavy (non-hydrogen) atoms. The van der Waals surface area contributed by atoms with E-state index in [1.807, 2.05) is 11.8 Å². The molecule has 4 aliphatic carbocycles. The summed E-state index contributed by atoms with van der Waals surface area (Å²) in [4.78, 5) is 7.53. The van der Waals surface area contributed by atoms with Crippen molar-refractivity contribution in [2.75, 3.05) is 9.80 Å². The second-order valence-corrected chi connectivity index (χ2v) is 19.0. The smallest absolute Gasteiger partial charge is 0.260 e. The number of hydrogen-bond donors (Lipinski definition) is 1. The van der Waals surface area contributed by atoms with Crippen molar-refractivity contribution in [3.05, 3.63) is 204 Å². The van der Waals surface area contributed by atoms with Crippen LogP contribution in [0.2, 0.25) is 0 Å². The molecule has 0 radical (unpaired) electrons. The van der Waals surface area contributed by atoms with Crippen molar-refractivity contribution in [2.45, 2.75) is 66.6 Å². The Morgan fingerprint density at radius 2 is 1.52 bits per heavy atom. The Hall–Kier alpha value is -7.01. The number of allylic oxidation sites excluding steroid dienone is 7. The molecule has 6 aromatic rings. The number of rotatable bonds is 6. The molecule has 0 saturated carbocycles. The van der Waals surface area contributed by atoms with Crippen LogP contribution in [0.15, 0.2) is 191 Å². The lowest BCUT2D eigenvalue weighted by Gasteiger charge is -2.40. The predicted octanol–water partition coefficient (Wildman–Crippen LogP) is 13.5. The van der Waals surface area contributed by atoms with Crippen LogP contribution >= 0.6 is 11.8 Å². The molecule has 0 bridgehead atoms. The van der Waals surface area contributed by atoms with Gasteiger partial charge in [0.25, 0.3) is 12.0 Å². The van der Waals surface area contributed by atoms with Gasteiger partial charge in [-0.2, -0.15) is 5.26 Å². The maximum absolute atomic E-state index is 11.5. The second kappa shape index (κ2) is 15.1. The van der Waals surface area contributed by atoms with Crippen LogP contribution in [0.1, 0.15) is 73.1 Å². The zero-order chi connectivity index (χ0) is 42.3. The minimum atomic E-state index is -0.116. The van der Waals surface area contributed by atoms with Gasteiger partial charge in [-0.15, -0.1) is 0 Å². The van der Waals surface area contributed by atoms with E-state index < -0.39 is 0 Å². The van der Waals surface area contributed by atoms with Crippen molar-refractivity contribution in [2.24, 2.45) is 11.8 Å². The molecular formula is C57H47N6S+. The lowest BCUT2D eigenvalue weighted by Crippen LogP contribution is -2.59. The van der Waals surface area contributed by atoms with E-state index in [0.717, 1.165) is 78.0 Å². The minimum Gasteiger partial charge on any atom is -0.336 e. The first kappa shape index (κ1) is 37.5. The van der Waals surface area contributed by atoms with Gasteiger partial charge in [-0.25, -0.2) is 9.89 Å². The summed E-state index contributed by atoms with van der Waals surface area (Å²) in [5, 5.41) is 16.8. The number of amidine groups is 1. The number of aromatic nitrogens is 1. The summed E-state index contributed by atoms with van der Waals surface area (Å²) in [5.74, 6) is 1.79. The summed E-state index contributed by atoms with van der Waals surface area (Å²) in [5.41, 5.74) is 13.7. The predicted molar refractivity (Wildman–Crippen MR) is 261 cm³/mol. The quantitative estimate of drug-likeness (QED) is 0.133. The molecule has 310 valence electrons. The third kappa shape index (κ3) is 5.68. The van der Waals surface area contributed by atoms with E-state index in [9.17, 15) is 5.26 Å². The molecule has 5 atom stereocenters. The van der Waals surface area contributed by atoms with Crippen LogP contribution in [-0.2, 0) is 0 Å². The third-order valence-corrected chi connectivity index (χ3v) is 15.6. The van der Waals surface area contributed by atoms with E-state index in [-0.39, 0.29) is 24.0 Å². The SMILES string of the molecule is N#Cc1cc(C2NC(C3C=CC=CC3)=[N+]2C2CC=CCC2)c(N2c3ccccc3Sc3ccccc32)cc1-n1c2c(c3ccccc31)C1C(C=C2)C2=C(CCC=C2)N1c1ccccc1. The molecule has 7 heteroatoms. The molecule has 0 spiro atoms. The van der Waals surface area contributed by atoms with Gasteiger partial charge in [0.05, 0.1) is 57.0 Å². The fourth-order valence-corrected chi connectivity index (χ4v) is 12.8. The van der Waals surface area contributed by atoms with Gasteiger partial charge in [-0.1, -0.05) is 127 Å². The Kier molecular flexibility index (Phi) is 8.84. The lowest BCUT2D eigenvalue weighted by molar-refractivity contribution is -0.643. The largest absolute Gasteiger partial charge is 0.336 e. The monoisotopic (exact) mass is 847 g/mol. The van der Waals surface area contributed by atoms with Crippen molar-refractivity contribution in [1.29, 1.82) is 5.26 Å². The molecule has 0 fully saturated rings. The molecular weight excluding hydrogens is 801 g/mol. The van der Waals surface area contributed by atoms with Crippen LogP contribution in [0.25, 0.3) is 22.7 Å². The number of nitriles is 1. The van der Waals surface area contributed by atoms with Crippen LogP contribution in [0.4, 0.5) is 22.7 Å². The van der Waals surface area contributed by atoms with E-state index in [0.29, 0.717) is 11.6 Å². The summed E-state index contributed by atoms with van der Waals surface area (Å²) in [6.45, 7) is 0. The number of benzene rings is 5. The number of nitrogens with zero attached hydrogens (tertiary/aromatic N) is 5. The Bertz CT molecular complexity index is 3140. The van der Waals surface area contributed by atoms with Crippen molar-refractivity contribution in [3.8, 4) is 11.8 Å². The fraction of sp³-hybridized carbons (Fsp3) is 0.193. The minimum absolute atomic E-state index is 0.0818. The first-order valence-electron chi connectivity index (χ1n) is 22.9. The van der Waals surface area contributed by atoms with Gasteiger partial charge in [0.1, 0.15) is 12.1 Å². The van der Waals surface area contributed by atoms with Gasteiger partial charge in [0.15, 0.2) is 0 Å². The molecule has 5 unspecified atom stereocenters. The Morgan fingerprint density at radius 3 is 2.30 bits per heavy atom. The Morgan fingerprint density at radius 1 is 0.719 bits per heavy atom. The van der Waals surface area contributed by atoms with Crippen LogP contribution < -0.4 is 15.1 Å². The van der Waals surface area contributed by atoms with E-state index >= 15 is 0 Å². The van der Waals surface area contributed by atoms with Crippen LogP contribution in [0, 0.1) is 23.2 Å². The number of para-hydroxylation sites is 4. The van der Waals surface area contributed by atoms with Gasteiger partial charge in [0, 0.05) is 44.5 Å². The van der Waals surface area contributed by atoms with Crippen LogP contribution in [0.3, 0.4) is 0 Å². The number of anilines is 4. The molecule has 4 heterocycles. The number of hydrogen-bond acceptors (Lipinski definition) is 5. The molecule has 6 nitrogen and oxygen atoms in total. The average Bonchev–Trinajstić information content (AvgIpc) is 3.87. The van der Waals surface area contributed by atoms with Gasteiger partial charge in [-0.05, 0) is 98.4 Å². The highest BCUT2D eigenvalue weighted by atomic mass is 32.2. The summed E-state index contributed by atoms with van der Waals surface area (Å²) in [6, 6.07) is 45.2. The fourth-order valence-electron chi connectivity index (χ4n) is 11.7. The normalized spacial score (nSPS) is 23.6. The van der Waals surface area contributed by atoms with E-state index in [1.165, 1.54) is 43.5 Å². The van der Waals surface area contributed by atoms with E-state index in [1.54, 1.807) is 0 Å². The summed E-state index contributed by atoms with van der Waals surface area (Å²) >= 11 is 1.83. The highest BCUT2D eigenvalue weighted by Gasteiger charge is 2.48. The van der Waals surface area contributed by atoms with E-state index in [2.05, 4.69) is 206 Å². The summed E-state index contributed by atoms with van der Waals surface area (Å²) in [6.07, 6.45) is 29.3. The summed E-state index contributed by atoms with van der Waals surface area (Å²) < 4.78 is 5.08. The first-order chi connectivity index (χ1) is 31.7. The highest BCUT2D eigenvalue weighted by molar-refractivity contribution is 7.99. The molecule has 0 amide bonds. The molecule has 1 N–H and O–H groups in total. The number of fused-ring (bicyclic) bond motifs is 8. The lowest BCUT2D eigenvalue weighted by atomic mass is 9.83. The zero-order valence-corrected chi connectivity index (χ0v) is 36.3. The second-order valence-electron chi connectivity index (χ2n) is 17.9. The Balaban J connectivity index is 1.06. The maximum atomic E-state index is 11.5. The molecule has 1 aromatic heterocycles. The topological polar surface area (TPSA) is 50.2 Å². The Labute approximate surface area is 378 Å². The molecule has 0 saturated heterocycles. The van der Waals surface area contributed by atoms with E-state index in [4.69, 9.17) is 0 Å². The first-order valence-corrected chi connectivity index (χ1v) is 23.8. The van der Waals surface area contributed by atoms with Gasteiger partial charge in [-0.3, -0.25) is 0 Å². The number of nitrogens with one attached hydrogen (secondary N) is 1. The van der Waals surface area contributed by atoms with Crippen molar-refractivity contribution in [3.63, 3.8) is 0 Å².